The van der Waals surface area contributed by atoms with E-state index in [0.29, 0.717) is 6.42 Å². The van der Waals surface area contributed by atoms with Crippen molar-refractivity contribution in [3.63, 3.8) is 0 Å². The lowest BCUT2D eigenvalue weighted by Crippen LogP contribution is -2.55. The first-order valence-corrected chi connectivity index (χ1v) is 9.03. The molecule has 6 atom stereocenters. The van der Waals surface area contributed by atoms with Gasteiger partial charge in [-0.3, -0.25) is 4.79 Å². The van der Waals surface area contributed by atoms with Crippen molar-refractivity contribution >= 4 is 5.97 Å². The number of esters is 1. The van der Waals surface area contributed by atoms with Crippen molar-refractivity contribution in [2.24, 2.45) is 5.92 Å². The van der Waals surface area contributed by atoms with Crippen molar-refractivity contribution in [1.82, 2.24) is 0 Å². The van der Waals surface area contributed by atoms with Crippen LogP contribution in [0.25, 0.3) is 0 Å². The number of ether oxygens (including phenoxy) is 4. The van der Waals surface area contributed by atoms with E-state index in [0.717, 1.165) is 25.9 Å². The molecule has 1 aliphatic carbocycles. The molecular formula is C19H30O5. The van der Waals surface area contributed by atoms with Crippen LogP contribution in [-0.2, 0) is 23.7 Å². The van der Waals surface area contributed by atoms with E-state index in [-0.39, 0.29) is 41.4 Å². The van der Waals surface area contributed by atoms with Crippen LogP contribution in [-0.4, -0.2) is 49.2 Å². The van der Waals surface area contributed by atoms with Gasteiger partial charge in [-0.25, -0.2) is 0 Å². The van der Waals surface area contributed by atoms with Gasteiger partial charge < -0.3 is 18.9 Å². The van der Waals surface area contributed by atoms with E-state index in [1.54, 1.807) is 7.11 Å². The Labute approximate surface area is 144 Å². The van der Waals surface area contributed by atoms with Gasteiger partial charge in [0, 0.05) is 13.5 Å². The minimum Gasteiger partial charge on any atom is -0.460 e. The van der Waals surface area contributed by atoms with Crippen LogP contribution in [0.2, 0.25) is 0 Å². The van der Waals surface area contributed by atoms with E-state index in [1.165, 1.54) is 5.57 Å². The van der Waals surface area contributed by atoms with E-state index < -0.39 is 0 Å². The molecule has 24 heavy (non-hydrogen) atoms. The molecule has 4 unspecified atom stereocenters. The lowest BCUT2D eigenvalue weighted by atomic mass is 9.68. The Kier molecular flexibility index (Phi) is 4.80. The van der Waals surface area contributed by atoms with Crippen molar-refractivity contribution in [2.45, 2.75) is 82.9 Å². The number of hydrogen-bond acceptors (Lipinski definition) is 5. The summed E-state index contributed by atoms with van der Waals surface area (Å²) in [6.45, 7) is 8.92. The van der Waals surface area contributed by atoms with Crippen molar-refractivity contribution in [2.75, 3.05) is 13.7 Å². The third-order valence-electron chi connectivity index (χ3n) is 5.81. The highest BCUT2D eigenvalue weighted by Crippen LogP contribution is 2.59. The standard InChI is InChI=1S/C19H30O5/c1-6-15(20)23-13-9-10-19(11-22-19)17(16(13)21-5)18(4)14(24-18)8-7-12(2)3/h7,13-14,16-17H,6,8-11H2,1-5H3/t13?,14-,16?,17?,18?,19+/m1/s1. The van der Waals surface area contributed by atoms with Crippen LogP contribution in [0.15, 0.2) is 11.6 Å². The van der Waals surface area contributed by atoms with E-state index in [4.69, 9.17) is 18.9 Å². The number of epoxide rings is 2. The van der Waals surface area contributed by atoms with Gasteiger partial charge in [0.2, 0.25) is 0 Å². The van der Waals surface area contributed by atoms with Crippen LogP contribution in [0, 0.1) is 5.92 Å². The van der Waals surface area contributed by atoms with Gasteiger partial charge in [-0.1, -0.05) is 18.6 Å². The van der Waals surface area contributed by atoms with Crippen molar-refractivity contribution in [3.05, 3.63) is 11.6 Å². The predicted octanol–water partition coefficient (Wildman–Crippen LogP) is 3.02. The molecule has 0 amide bonds. The molecule has 3 rings (SSSR count). The Morgan fingerprint density at radius 2 is 2.08 bits per heavy atom. The fourth-order valence-electron chi connectivity index (χ4n) is 4.32. The molecule has 2 heterocycles. The first kappa shape index (κ1) is 17.9. The first-order valence-electron chi connectivity index (χ1n) is 9.03. The van der Waals surface area contributed by atoms with Crippen LogP contribution in [0.4, 0.5) is 0 Å². The SMILES string of the molecule is CCC(=O)OC1CC[C@]2(CO2)C(C2(C)O[C@@H]2CC=C(C)C)C1OC. The summed E-state index contributed by atoms with van der Waals surface area (Å²) in [5.41, 5.74) is 0.858. The summed E-state index contributed by atoms with van der Waals surface area (Å²) in [6.07, 6.45) is 4.97. The second-order valence-electron chi connectivity index (χ2n) is 7.76. The monoisotopic (exact) mass is 338 g/mol. The summed E-state index contributed by atoms with van der Waals surface area (Å²) in [4.78, 5) is 11.8. The molecule has 0 radical (unpaired) electrons. The highest BCUT2D eigenvalue weighted by atomic mass is 16.6. The molecule has 1 spiro atoms. The quantitative estimate of drug-likeness (QED) is 0.423. The smallest absolute Gasteiger partial charge is 0.305 e. The minimum absolute atomic E-state index is 0.0916. The molecule has 0 bridgehead atoms. The maximum Gasteiger partial charge on any atom is 0.305 e. The number of methoxy groups -OCH3 is 1. The topological polar surface area (TPSA) is 60.6 Å². The molecule has 3 fully saturated rings. The van der Waals surface area contributed by atoms with Crippen molar-refractivity contribution < 1.29 is 23.7 Å². The minimum atomic E-state index is -0.277. The molecule has 0 aromatic rings. The zero-order chi connectivity index (χ0) is 17.5. The normalized spacial score (nSPS) is 43.4. The lowest BCUT2D eigenvalue weighted by Gasteiger charge is -2.42. The molecule has 5 heteroatoms. The zero-order valence-electron chi connectivity index (χ0n) is 15.5. The van der Waals surface area contributed by atoms with E-state index >= 15 is 0 Å². The number of rotatable bonds is 6. The summed E-state index contributed by atoms with van der Waals surface area (Å²) in [5, 5.41) is 0. The third kappa shape index (κ3) is 3.14. The average Bonchev–Trinajstić information content (AvgIpc) is 3.45. The zero-order valence-corrected chi connectivity index (χ0v) is 15.5. The molecule has 0 N–H and O–H groups in total. The highest BCUT2D eigenvalue weighted by Gasteiger charge is 2.72. The average molecular weight is 338 g/mol. The summed E-state index contributed by atoms with van der Waals surface area (Å²) < 4.78 is 23.5. The van der Waals surface area contributed by atoms with Gasteiger partial charge in [0.15, 0.2) is 0 Å². The maximum absolute atomic E-state index is 11.8. The second kappa shape index (κ2) is 6.43. The van der Waals surface area contributed by atoms with Gasteiger partial charge in [-0.15, -0.1) is 0 Å². The summed E-state index contributed by atoms with van der Waals surface area (Å²) in [7, 11) is 1.70. The van der Waals surface area contributed by atoms with Gasteiger partial charge in [-0.2, -0.15) is 0 Å². The van der Waals surface area contributed by atoms with Crippen molar-refractivity contribution in [1.29, 1.82) is 0 Å². The molecule has 5 nitrogen and oxygen atoms in total. The molecule has 136 valence electrons. The van der Waals surface area contributed by atoms with Crippen molar-refractivity contribution in [3.8, 4) is 0 Å². The third-order valence-corrected chi connectivity index (χ3v) is 5.81. The summed E-state index contributed by atoms with van der Waals surface area (Å²) in [6, 6.07) is 0. The Hall–Kier alpha value is -0.910. The summed E-state index contributed by atoms with van der Waals surface area (Å²) in [5.74, 6) is -0.0783. The number of carbonyl (C=O) groups excluding carboxylic acids is 1. The number of hydrogen-bond donors (Lipinski definition) is 0. The van der Waals surface area contributed by atoms with Crippen LogP contribution >= 0.6 is 0 Å². The molecule has 2 saturated heterocycles. The fraction of sp³-hybridized carbons (Fsp3) is 0.842. The first-order chi connectivity index (χ1) is 11.4. The summed E-state index contributed by atoms with van der Waals surface area (Å²) >= 11 is 0. The Bertz CT molecular complexity index is 520. The number of carbonyl (C=O) groups is 1. The molecular weight excluding hydrogens is 308 g/mol. The molecule has 1 saturated carbocycles. The molecule has 0 aromatic heterocycles. The molecule has 2 aliphatic heterocycles. The fourth-order valence-corrected chi connectivity index (χ4v) is 4.32. The Morgan fingerprint density at radius 3 is 2.62 bits per heavy atom. The van der Waals surface area contributed by atoms with Crippen LogP contribution < -0.4 is 0 Å². The Morgan fingerprint density at radius 1 is 1.38 bits per heavy atom. The lowest BCUT2D eigenvalue weighted by molar-refractivity contribution is -0.171. The Balaban J connectivity index is 1.78. The van der Waals surface area contributed by atoms with Crippen LogP contribution in [0.3, 0.4) is 0 Å². The van der Waals surface area contributed by atoms with E-state index in [9.17, 15) is 4.79 Å². The van der Waals surface area contributed by atoms with Gasteiger partial charge in [0.25, 0.3) is 0 Å². The van der Waals surface area contributed by atoms with Gasteiger partial charge in [0.05, 0.1) is 18.6 Å². The van der Waals surface area contributed by atoms with Crippen LogP contribution in [0.1, 0.15) is 53.4 Å². The van der Waals surface area contributed by atoms with Gasteiger partial charge in [0.1, 0.15) is 23.4 Å². The molecule has 3 aliphatic rings. The second-order valence-corrected chi connectivity index (χ2v) is 7.76. The van der Waals surface area contributed by atoms with E-state index in [1.807, 2.05) is 6.92 Å². The van der Waals surface area contributed by atoms with Gasteiger partial charge in [-0.05, 0) is 40.0 Å². The maximum atomic E-state index is 11.8. The largest absolute Gasteiger partial charge is 0.460 e. The highest BCUT2D eigenvalue weighted by molar-refractivity contribution is 5.69. The van der Waals surface area contributed by atoms with Crippen LogP contribution in [0.5, 0.6) is 0 Å². The molecule has 0 aromatic carbocycles. The predicted molar refractivity (Wildman–Crippen MR) is 89.7 cm³/mol. The number of allylic oxidation sites excluding steroid dienone is 1. The van der Waals surface area contributed by atoms with E-state index in [2.05, 4.69) is 26.8 Å². The van der Waals surface area contributed by atoms with Gasteiger partial charge >= 0.3 is 5.97 Å².